The van der Waals surface area contributed by atoms with E-state index in [1.54, 1.807) is 4.31 Å². The Labute approximate surface area is 123 Å². The van der Waals surface area contributed by atoms with E-state index in [0.717, 1.165) is 25.7 Å². The Morgan fingerprint density at radius 1 is 1.40 bits per heavy atom. The highest BCUT2D eigenvalue weighted by atomic mass is 32.2. The molecule has 0 saturated heterocycles. The summed E-state index contributed by atoms with van der Waals surface area (Å²) >= 11 is 0. The topological polar surface area (TPSA) is 72.6 Å². The van der Waals surface area contributed by atoms with Gasteiger partial charge in [0.15, 0.2) is 0 Å². The van der Waals surface area contributed by atoms with Gasteiger partial charge in [0, 0.05) is 25.2 Å². The second kappa shape index (κ2) is 7.73. The zero-order valence-corrected chi connectivity index (χ0v) is 13.9. The smallest absolute Gasteiger partial charge is 0.216 e. The second-order valence-electron chi connectivity index (χ2n) is 5.81. The molecule has 0 heterocycles. The highest BCUT2D eigenvalue weighted by Crippen LogP contribution is 2.37. The Morgan fingerprint density at radius 2 is 2.10 bits per heavy atom. The fourth-order valence-electron chi connectivity index (χ4n) is 3.39. The molecule has 1 aliphatic rings. The van der Waals surface area contributed by atoms with Gasteiger partial charge in [0.2, 0.25) is 10.0 Å². The standard InChI is InChI=1S/C14H30N2O3S/c1-4-16(20(17,18)10-9-19-5-2)14(12-15)8-6-7-13(3)11-14/h13H,4-12,15H2,1-3H3. The molecule has 0 bridgehead atoms. The van der Waals surface area contributed by atoms with Crippen molar-refractivity contribution in [3.8, 4) is 0 Å². The normalized spacial score (nSPS) is 27.9. The molecule has 1 aliphatic carbocycles. The third kappa shape index (κ3) is 4.16. The van der Waals surface area contributed by atoms with E-state index in [1.807, 2.05) is 13.8 Å². The molecule has 1 saturated carbocycles. The molecule has 2 N–H and O–H groups in total. The van der Waals surface area contributed by atoms with Gasteiger partial charge < -0.3 is 10.5 Å². The van der Waals surface area contributed by atoms with Crippen LogP contribution in [-0.2, 0) is 14.8 Å². The van der Waals surface area contributed by atoms with Gasteiger partial charge in [0.05, 0.1) is 12.4 Å². The van der Waals surface area contributed by atoms with Gasteiger partial charge in [-0.25, -0.2) is 8.42 Å². The summed E-state index contributed by atoms with van der Waals surface area (Å²) in [6.45, 7) is 7.64. The van der Waals surface area contributed by atoms with Crippen molar-refractivity contribution in [3.63, 3.8) is 0 Å². The summed E-state index contributed by atoms with van der Waals surface area (Å²) in [5.74, 6) is 0.577. The minimum atomic E-state index is -3.31. The van der Waals surface area contributed by atoms with Crippen molar-refractivity contribution < 1.29 is 13.2 Å². The van der Waals surface area contributed by atoms with Gasteiger partial charge in [-0.3, -0.25) is 0 Å². The molecule has 0 radical (unpaired) electrons. The Morgan fingerprint density at radius 3 is 2.60 bits per heavy atom. The van der Waals surface area contributed by atoms with Crippen LogP contribution in [0, 0.1) is 5.92 Å². The number of nitrogens with two attached hydrogens (primary N) is 1. The number of hydrogen-bond acceptors (Lipinski definition) is 4. The molecule has 5 nitrogen and oxygen atoms in total. The van der Waals surface area contributed by atoms with Crippen LogP contribution in [0.15, 0.2) is 0 Å². The predicted octanol–water partition coefficient (Wildman–Crippen LogP) is 1.58. The summed E-state index contributed by atoms with van der Waals surface area (Å²) in [4.78, 5) is 0. The molecule has 0 spiro atoms. The lowest BCUT2D eigenvalue weighted by molar-refractivity contribution is 0.110. The molecule has 0 aromatic carbocycles. The minimum Gasteiger partial charge on any atom is -0.381 e. The molecule has 0 aliphatic heterocycles. The molecule has 0 aromatic rings. The lowest BCUT2D eigenvalue weighted by atomic mass is 9.76. The maximum absolute atomic E-state index is 12.6. The average molecular weight is 306 g/mol. The number of nitrogens with zero attached hydrogens (tertiary/aromatic N) is 1. The van der Waals surface area contributed by atoms with Crippen LogP contribution >= 0.6 is 0 Å². The van der Waals surface area contributed by atoms with Gasteiger partial charge in [0.25, 0.3) is 0 Å². The molecule has 2 unspecified atom stereocenters. The lowest BCUT2D eigenvalue weighted by Gasteiger charge is -2.46. The van der Waals surface area contributed by atoms with Gasteiger partial charge >= 0.3 is 0 Å². The first kappa shape index (κ1) is 17.9. The summed E-state index contributed by atoms with van der Waals surface area (Å²) in [7, 11) is -3.31. The van der Waals surface area contributed by atoms with E-state index in [1.165, 1.54) is 0 Å². The maximum atomic E-state index is 12.6. The summed E-state index contributed by atoms with van der Waals surface area (Å²) in [6, 6.07) is 0. The zero-order valence-electron chi connectivity index (χ0n) is 13.1. The van der Waals surface area contributed by atoms with Crippen LogP contribution < -0.4 is 5.73 Å². The maximum Gasteiger partial charge on any atom is 0.216 e. The average Bonchev–Trinajstić information content (AvgIpc) is 2.39. The Bertz CT molecular complexity index is 386. The van der Waals surface area contributed by atoms with Crippen LogP contribution in [0.3, 0.4) is 0 Å². The first-order valence-corrected chi connectivity index (χ1v) is 9.31. The molecule has 20 heavy (non-hydrogen) atoms. The van der Waals surface area contributed by atoms with Crippen molar-refractivity contribution in [2.45, 2.75) is 52.0 Å². The van der Waals surface area contributed by atoms with E-state index in [4.69, 9.17) is 10.5 Å². The van der Waals surface area contributed by atoms with Gasteiger partial charge in [-0.05, 0) is 25.7 Å². The van der Waals surface area contributed by atoms with Crippen LogP contribution in [0.2, 0.25) is 0 Å². The molecular weight excluding hydrogens is 276 g/mol. The molecule has 2 atom stereocenters. The van der Waals surface area contributed by atoms with Gasteiger partial charge in [-0.15, -0.1) is 0 Å². The van der Waals surface area contributed by atoms with Crippen LogP contribution in [0.1, 0.15) is 46.5 Å². The SMILES string of the molecule is CCOCCS(=O)(=O)N(CC)C1(CN)CCCC(C)C1. The molecule has 0 amide bonds. The van der Waals surface area contributed by atoms with E-state index in [-0.39, 0.29) is 12.4 Å². The number of likely N-dealkylation sites (N-methyl/N-ethyl adjacent to an activating group) is 1. The van der Waals surface area contributed by atoms with Crippen LogP contribution in [-0.4, -0.2) is 50.3 Å². The summed E-state index contributed by atoms with van der Waals surface area (Å²) < 4.78 is 32.0. The molecule has 1 fully saturated rings. The van der Waals surface area contributed by atoms with Crippen molar-refractivity contribution in [1.29, 1.82) is 0 Å². The van der Waals surface area contributed by atoms with E-state index < -0.39 is 15.6 Å². The molecule has 1 rings (SSSR count). The highest BCUT2D eigenvalue weighted by molar-refractivity contribution is 7.89. The lowest BCUT2D eigenvalue weighted by Crippen LogP contribution is -2.58. The fourth-order valence-corrected chi connectivity index (χ4v) is 5.16. The first-order valence-electron chi connectivity index (χ1n) is 7.70. The Hall–Kier alpha value is -0.170. The third-order valence-corrected chi connectivity index (χ3v) is 6.29. The molecule has 0 aromatic heterocycles. The number of sulfonamides is 1. The summed E-state index contributed by atoms with van der Waals surface area (Å²) in [5, 5.41) is 0. The van der Waals surface area contributed by atoms with Crippen molar-refractivity contribution in [1.82, 2.24) is 4.31 Å². The third-order valence-electron chi connectivity index (χ3n) is 4.29. The molecular formula is C14H30N2O3S. The largest absolute Gasteiger partial charge is 0.381 e. The predicted molar refractivity (Wildman–Crippen MR) is 82.1 cm³/mol. The monoisotopic (exact) mass is 306 g/mol. The fraction of sp³-hybridized carbons (Fsp3) is 1.00. The van der Waals surface area contributed by atoms with Crippen LogP contribution in [0.4, 0.5) is 0 Å². The van der Waals surface area contributed by atoms with Gasteiger partial charge in [-0.1, -0.05) is 26.7 Å². The summed E-state index contributed by atoms with van der Waals surface area (Å²) in [5.41, 5.74) is 5.60. The zero-order chi connectivity index (χ0) is 15.2. The number of rotatable bonds is 8. The van der Waals surface area contributed by atoms with Crippen molar-refractivity contribution in [2.75, 3.05) is 32.1 Å². The van der Waals surface area contributed by atoms with Gasteiger partial charge in [-0.2, -0.15) is 4.31 Å². The van der Waals surface area contributed by atoms with Crippen LogP contribution in [0.25, 0.3) is 0 Å². The van der Waals surface area contributed by atoms with Crippen molar-refractivity contribution in [2.24, 2.45) is 11.7 Å². The number of hydrogen-bond donors (Lipinski definition) is 1. The quantitative estimate of drug-likeness (QED) is 0.691. The number of ether oxygens (including phenoxy) is 1. The van der Waals surface area contributed by atoms with Gasteiger partial charge in [0.1, 0.15) is 0 Å². The van der Waals surface area contributed by atoms with E-state index in [9.17, 15) is 8.42 Å². The van der Waals surface area contributed by atoms with E-state index in [2.05, 4.69) is 6.92 Å². The Kier molecular flexibility index (Phi) is 6.91. The minimum absolute atomic E-state index is 0.0464. The van der Waals surface area contributed by atoms with Crippen LogP contribution in [0.5, 0.6) is 0 Å². The highest BCUT2D eigenvalue weighted by Gasteiger charge is 2.43. The molecule has 120 valence electrons. The molecule has 6 heteroatoms. The second-order valence-corrected chi connectivity index (χ2v) is 7.82. The Balaban J connectivity index is 2.90. The van der Waals surface area contributed by atoms with E-state index in [0.29, 0.717) is 25.6 Å². The van der Waals surface area contributed by atoms with Crippen molar-refractivity contribution >= 4 is 10.0 Å². The van der Waals surface area contributed by atoms with Crippen molar-refractivity contribution in [3.05, 3.63) is 0 Å². The summed E-state index contributed by atoms with van der Waals surface area (Å²) in [6.07, 6.45) is 3.95. The van der Waals surface area contributed by atoms with E-state index >= 15 is 0 Å². The first-order chi connectivity index (χ1) is 9.41.